The lowest BCUT2D eigenvalue weighted by atomic mass is 10.0. The number of amides is 4. The molecule has 2 saturated heterocycles. The molecule has 2 N–H and O–H groups in total. The molecule has 2 aromatic carbocycles. The second-order valence-corrected chi connectivity index (χ2v) is 10.8. The molecule has 0 aliphatic carbocycles. The van der Waals surface area contributed by atoms with E-state index in [1.54, 1.807) is 25.3 Å². The molecule has 10 heteroatoms. The Kier molecular flexibility index (Phi) is 8.30. The molecule has 0 aromatic heterocycles. The number of carbonyl (C=O) groups is 4. The first-order chi connectivity index (χ1) is 19.3. The molecule has 3 aliphatic heterocycles. The molecule has 40 heavy (non-hydrogen) atoms. The summed E-state index contributed by atoms with van der Waals surface area (Å²) in [5.74, 6) is -2.02. The fourth-order valence-corrected chi connectivity index (χ4v) is 5.88. The van der Waals surface area contributed by atoms with Crippen molar-refractivity contribution in [2.24, 2.45) is 0 Å². The molecule has 5 rings (SSSR count). The Morgan fingerprint density at radius 1 is 1.10 bits per heavy atom. The first-order valence-electron chi connectivity index (χ1n) is 13.9. The number of nitrogens with zero attached hydrogens (tertiary/aromatic N) is 3. The van der Waals surface area contributed by atoms with Crippen LogP contribution in [0.5, 0.6) is 0 Å². The summed E-state index contributed by atoms with van der Waals surface area (Å²) in [6.45, 7) is 10.5. The Morgan fingerprint density at radius 3 is 2.60 bits per heavy atom. The standard InChI is InChI=1S/C30H37N5O5/c1-4-34(12-13-40-3)22-17-33(18-22)16-20-8-9-21(19(2)14-20)15-31-24-7-5-6-23-27(24)30(39)35(29(23)38)25-10-11-26(36)32-28(25)37/h5-9,14,22,25,31H,4,10-13,15-18H2,1-3H3,(H,32,36,37)/t25-/m0/s1. The third-order valence-corrected chi connectivity index (χ3v) is 8.19. The normalized spacial score (nSPS) is 19.7. The molecule has 2 aromatic rings. The lowest BCUT2D eigenvalue weighted by molar-refractivity contribution is -0.136. The fraction of sp³-hybridized carbons (Fsp3) is 0.467. The van der Waals surface area contributed by atoms with Crippen molar-refractivity contribution in [1.82, 2.24) is 20.0 Å². The van der Waals surface area contributed by atoms with Crippen LogP contribution in [-0.2, 0) is 27.4 Å². The maximum absolute atomic E-state index is 13.3. The number of imide groups is 2. The van der Waals surface area contributed by atoms with E-state index >= 15 is 0 Å². The summed E-state index contributed by atoms with van der Waals surface area (Å²) >= 11 is 0. The van der Waals surface area contributed by atoms with E-state index in [9.17, 15) is 19.2 Å². The molecule has 4 amide bonds. The summed E-state index contributed by atoms with van der Waals surface area (Å²) < 4.78 is 5.24. The van der Waals surface area contributed by atoms with Crippen LogP contribution in [0.3, 0.4) is 0 Å². The van der Waals surface area contributed by atoms with E-state index in [2.05, 4.69) is 52.5 Å². The van der Waals surface area contributed by atoms with E-state index in [0.717, 1.165) is 55.4 Å². The van der Waals surface area contributed by atoms with Gasteiger partial charge in [0.2, 0.25) is 11.8 Å². The average Bonchev–Trinajstić information content (AvgIpc) is 3.17. The molecule has 0 unspecified atom stereocenters. The molecule has 3 heterocycles. The Bertz CT molecular complexity index is 1320. The van der Waals surface area contributed by atoms with Crippen LogP contribution in [-0.4, -0.2) is 90.3 Å². The summed E-state index contributed by atoms with van der Waals surface area (Å²) in [4.78, 5) is 56.3. The van der Waals surface area contributed by atoms with Gasteiger partial charge < -0.3 is 10.1 Å². The summed E-state index contributed by atoms with van der Waals surface area (Å²) in [5, 5.41) is 5.57. The largest absolute Gasteiger partial charge is 0.383 e. The third-order valence-electron chi connectivity index (χ3n) is 8.19. The number of methoxy groups -OCH3 is 1. The van der Waals surface area contributed by atoms with Crippen LogP contribution in [0.1, 0.15) is 57.2 Å². The summed E-state index contributed by atoms with van der Waals surface area (Å²) in [6.07, 6.45) is 0.224. The molecule has 0 radical (unpaired) electrons. The first kappa shape index (κ1) is 27.9. The third kappa shape index (κ3) is 5.52. The van der Waals surface area contributed by atoms with Gasteiger partial charge in [-0.25, -0.2) is 0 Å². The highest BCUT2D eigenvalue weighted by Gasteiger charge is 2.45. The van der Waals surface area contributed by atoms with E-state index < -0.39 is 29.7 Å². The quantitative estimate of drug-likeness (QED) is 0.412. The minimum Gasteiger partial charge on any atom is -0.383 e. The van der Waals surface area contributed by atoms with Gasteiger partial charge in [0, 0.05) is 58.0 Å². The monoisotopic (exact) mass is 547 g/mol. The smallest absolute Gasteiger partial charge is 0.264 e. The van der Waals surface area contributed by atoms with E-state index in [1.165, 1.54) is 5.56 Å². The Labute approximate surface area is 234 Å². The molecule has 0 saturated carbocycles. The number of nitrogens with one attached hydrogen (secondary N) is 2. The van der Waals surface area contributed by atoms with Crippen LogP contribution in [0.15, 0.2) is 36.4 Å². The van der Waals surface area contributed by atoms with Crippen LogP contribution < -0.4 is 10.6 Å². The number of anilines is 1. The zero-order chi connectivity index (χ0) is 28.4. The van der Waals surface area contributed by atoms with Crippen molar-refractivity contribution >= 4 is 29.3 Å². The number of hydrogen-bond acceptors (Lipinski definition) is 8. The molecular formula is C30H37N5O5. The van der Waals surface area contributed by atoms with Gasteiger partial charge in [-0.2, -0.15) is 0 Å². The summed E-state index contributed by atoms with van der Waals surface area (Å²) in [5.41, 5.74) is 4.60. The van der Waals surface area contributed by atoms with Gasteiger partial charge in [-0.1, -0.05) is 31.2 Å². The first-order valence-corrected chi connectivity index (χ1v) is 13.9. The van der Waals surface area contributed by atoms with Gasteiger partial charge in [-0.15, -0.1) is 0 Å². The van der Waals surface area contributed by atoms with Gasteiger partial charge in [-0.05, 0) is 48.7 Å². The second-order valence-electron chi connectivity index (χ2n) is 10.8. The van der Waals surface area contributed by atoms with Gasteiger partial charge in [0.15, 0.2) is 0 Å². The van der Waals surface area contributed by atoms with Crippen molar-refractivity contribution in [1.29, 1.82) is 0 Å². The SMILES string of the molecule is CCN(CCOC)C1CN(Cc2ccc(CNc3cccc4c3C(=O)N([C@H]3CCC(=O)NC3=O)C4=O)c(C)c2)C1. The van der Waals surface area contributed by atoms with Crippen molar-refractivity contribution in [3.8, 4) is 0 Å². The average molecular weight is 548 g/mol. The molecule has 0 spiro atoms. The minimum atomic E-state index is -0.982. The Hall–Kier alpha value is -3.60. The molecule has 2 fully saturated rings. The van der Waals surface area contributed by atoms with E-state index in [1.807, 2.05) is 0 Å². The number of ether oxygens (including phenoxy) is 1. The van der Waals surface area contributed by atoms with E-state index in [0.29, 0.717) is 18.3 Å². The summed E-state index contributed by atoms with van der Waals surface area (Å²) in [6, 6.07) is 11.2. The summed E-state index contributed by atoms with van der Waals surface area (Å²) in [7, 11) is 1.74. The number of likely N-dealkylation sites (N-methyl/N-ethyl adjacent to an activating group) is 1. The van der Waals surface area contributed by atoms with Crippen LogP contribution in [0, 0.1) is 6.92 Å². The minimum absolute atomic E-state index is 0.0914. The predicted molar refractivity (Wildman–Crippen MR) is 150 cm³/mol. The van der Waals surface area contributed by atoms with E-state index in [-0.39, 0.29) is 24.0 Å². The van der Waals surface area contributed by atoms with Crippen molar-refractivity contribution < 1.29 is 23.9 Å². The van der Waals surface area contributed by atoms with Crippen molar-refractivity contribution in [3.05, 3.63) is 64.2 Å². The molecule has 10 nitrogen and oxygen atoms in total. The number of rotatable bonds is 11. The number of carbonyl (C=O) groups excluding carboxylic acids is 4. The lowest BCUT2D eigenvalue weighted by Crippen LogP contribution is -2.59. The highest BCUT2D eigenvalue weighted by atomic mass is 16.5. The van der Waals surface area contributed by atoms with Crippen LogP contribution in [0.4, 0.5) is 5.69 Å². The number of hydrogen-bond donors (Lipinski definition) is 2. The van der Waals surface area contributed by atoms with Crippen LogP contribution in [0.2, 0.25) is 0 Å². The molecule has 3 aliphatic rings. The highest BCUT2D eigenvalue weighted by molar-refractivity contribution is 6.25. The number of aryl methyl sites for hydroxylation is 1. The number of benzene rings is 2. The molecule has 1 atom stereocenters. The maximum Gasteiger partial charge on any atom is 0.264 e. The van der Waals surface area contributed by atoms with Crippen LogP contribution in [0.25, 0.3) is 0 Å². The van der Waals surface area contributed by atoms with Gasteiger partial charge in [0.1, 0.15) is 6.04 Å². The van der Waals surface area contributed by atoms with Crippen molar-refractivity contribution in [2.75, 3.05) is 45.2 Å². The lowest BCUT2D eigenvalue weighted by Gasteiger charge is -2.45. The predicted octanol–water partition coefficient (Wildman–Crippen LogP) is 2.16. The topological polar surface area (TPSA) is 111 Å². The fourth-order valence-electron chi connectivity index (χ4n) is 5.88. The second kappa shape index (κ2) is 11.9. The zero-order valence-electron chi connectivity index (χ0n) is 23.4. The van der Waals surface area contributed by atoms with Crippen molar-refractivity contribution in [2.45, 2.75) is 51.9 Å². The van der Waals surface area contributed by atoms with Crippen molar-refractivity contribution in [3.63, 3.8) is 0 Å². The number of fused-ring (bicyclic) bond motifs is 1. The van der Waals surface area contributed by atoms with E-state index in [4.69, 9.17) is 4.74 Å². The Morgan fingerprint density at radius 2 is 1.90 bits per heavy atom. The van der Waals surface area contributed by atoms with Gasteiger partial charge in [-0.3, -0.25) is 39.2 Å². The van der Waals surface area contributed by atoms with Gasteiger partial charge in [0.25, 0.3) is 11.8 Å². The number of piperidine rings is 1. The highest BCUT2D eigenvalue weighted by Crippen LogP contribution is 2.33. The number of likely N-dealkylation sites (tertiary alicyclic amines) is 1. The maximum atomic E-state index is 13.3. The zero-order valence-corrected chi connectivity index (χ0v) is 23.4. The molecule has 0 bridgehead atoms. The molecule has 212 valence electrons. The van der Waals surface area contributed by atoms with Gasteiger partial charge >= 0.3 is 0 Å². The molecular weight excluding hydrogens is 510 g/mol. The van der Waals surface area contributed by atoms with Gasteiger partial charge in [0.05, 0.1) is 17.7 Å². The Balaban J connectivity index is 1.20. The van der Waals surface area contributed by atoms with Crippen LogP contribution >= 0.6 is 0 Å².